The second kappa shape index (κ2) is 19.0. The van der Waals surface area contributed by atoms with Gasteiger partial charge < -0.3 is 29.5 Å². The van der Waals surface area contributed by atoms with Gasteiger partial charge in [-0.25, -0.2) is 29.1 Å². The van der Waals surface area contributed by atoms with Gasteiger partial charge in [0.15, 0.2) is 5.82 Å². The quantitative estimate of drug-likeness (QED) is 0.0976. The fraction of sp³-hybridized carbons (Fsp3) is 0.255. The number of halogens is 2. The van der Waals surface area contributed by atoms with Crippen molar-refractivity contribution in [3.8, 4) is 51.2 Å². The largest absolute Gasteiger partial charge is 0.496 e. The third-order valence-electron chi connectivity index (χ3n) is 11.0. The van der Waals surface area contributed by atoms with Crippen LogP contribution < -0.4 is 19.5 Å². The van der Waals surface area contributed by atoms with Crippen LogP contribution >= 0.6 is 11.6 Å². The maximum Gasteiger partial charge on any atom is 0.326 e. The van der Waals surface area contributed by atoms with E-state index in [-0.39, 0.29) is 18.8 Å². The number of anilines is 1. The Labute approximate surface area is 363 Å². The lowest BCUT2D eigenvalue weighted by Gasteiger charge is -2.32. The second-order valence-electron chi connectivity index (χ2n) is 15.0. The summed E-state index contributed by atoms with van der Waals surface area (Å²) in [6.07, 6.45) is 3.29. The molecule has 1 atom stereocenters. The molecule has 0 bridgehead atoms. The Morgan fingerprint density at radius 2 is 1.60 bits per heavy atom. The number of nitrogens with one attached hydrogen (secondary N) is 1. The lowest BCUT2D eigenvalue weighted by atomic mass is 10.00. The van der Waals surface area contributed by atoms with E-state index in [1.165, 1.54) is 12.1 Å². The van der Waals surface area contributed by atoms with Gasteiger partial charge in [-0.15, -0.1) is 0 Å². The number of nitrogens with zero attached hydrogens (tertiary/aromatic N) is 7. The average molecular weight is 857 g/mol. The number of methoxy groups -OCH3 is 1. The number of carbonyl (C=O) groups is 1. The van der Waals surface area contributed by atoms with Crippen molar-refractivity contribution in [2.45, 2.75) is 26.0 Å². The Kier molecular flexibility index (Phi) is 12.9. The molecule has 1 aliphatic heterocycles. The molecule has 7 aromatic rings. The van der Waals surface area contributed by atoms with Crippen LogP contribution in [0.15, 0.2) is 109 Å². The monoisotopic (exact) mass is 856 g/mol. The minimum atomic E-state index is -1.12. The molecule has 62 heavy (non-hydrogen) atoms. The van der Waals surface area contributed by atoms with Crippen LogP contribution in [0, 0.1) is 12.7 Å². The number of para-hydroxylation sites is 2. The number of aliphatic carboxylic acids is 1. The molecule has 13 nitrogen and oxygen atoms in total. The number of piperazine rings is 1. The van der Waals surface area contributed by atoms with Gasteiger partial charge in [0.2, 0.25) is 5.78 Å². The second-order valence-corrected chi connectivity index (χ2v) is 15.4. The molecule has 1 unspecified atom stereocenters. The van der Waals surface area contributed by atoms with E-state index < -0.39 is 12.0 Å². The number of imidazole rings is 1. The molecule has 2 N–H and O–H groups in total. The molecule has 0 radical (unpaired) electrons. The van der Waals surface area contributed by atoms with Gasteiger partial charge in [-0.1, -0.05) is 41.9 Å². The Morgan fingerprint density at radius 3 is 2.37 bits per heavy atom. The first kappa shape index (κ1) is 42.1. The van der Waals surface area contributed by atoms with Gasteiger partial charge in [0, 0.05) is 62.7 Å². The molecule has 0 spiro atoms. The molecule has 0 aliphatic carbocycles. The molecule has 8 rings (SSSR count). The summed E-state index contributed by atoms with van der Waals surface area (Å²) in [5.41, 5.74) is 5.24. The Morgan fingerprint density at radius 1 is 0.855 bits per heavy atom. The van der Waals surface area contributed by atoms with Gasteiger partial charge in [-0.2, -0.15) is 0 Å². The SMILES string of the molecule is COc1ccccc1-c1nccc(COc2ccccc2CC(Nc2ccnc3nc(-c4ccc(F)cc4)c(-c4ccc(OCCN5CCN(C)CC5)c(Cl)c4C)n23)C(=O)O)n1. The summed E-state index contributed by atoms with van der Waals surface area (Å²) in [5.74, 6) is 1.46. The standard InChI is InChI=1S/C47H46ClFN8O5/c1-30-35(16-17-40(42(30)48)61-27-26-56-24-22-55(2)23-25-56)44-43(31-12-14-33(49)15-13-31)54-47-51-21-19-41(57(44)47)53-37(46(58)59)28-32-8-4-6-10-38(32)62-29-34-18-20-50-45(52-34)36-9-5-7-11-39(36)60-3/h4-21,37,53H,22-29H2,1-3H3,(H,58,59). The van der Waals surface area contributed by atoms with Gasteiger partial charge in [-0.3, -0.25) is 9.30 Å². The molecule has 1 saturated heterocycles. The van der Waals surface area contributed by atoms with Crippen molar-refractivity contribution in [1.29, 1.82) is 0 Å². The summed E-state index contributed by atoms with van der Waals surface area (Å²) in [4.78, 5) is 36.4. The third-order valence-corrected chi connectivity index (χ3v) is 11.4. The van der Waals surface area contributed by atoms with Crippen LogP contribution in [0.4, 0.5) is 10.2 Å². The van der Waals surface area contributed by atoms with Gasteiger partial charge in [0.25, 0.3) is 0 Å². The zero-order valence-electron chi connectivity index (χ0n) is 34.6. The van der Waals surface area contributed by atoms with Crippen molar-refractivity contribution in [1.82, 2.24) is 34.1 Å². The Balaban J connectivity index is 1.08. The van der Waals surface area contributed by atoms with Crippen molar-refractivity contribution in [2.24, 2.45) is 0 Å². The number of likely N-dealkylation sites (N-methyl/N-ethyl adjacent to an activating group) is 1. The fourth-order valence-corrected chi connectivity index (χ4v) is 7.75. The van der Waals surface area contributed by atoms with E-state index in [1.54, 1.807) is 54.2 Å². The van der Waals surface area contributed by atoms with Crippen molar-refractivity contribution < 1.29 is 28.5 Å². The van der Waals surface area contributed by atoms with Gasteiger partial charge in [-0.05, 0) is 91.8 Å². The highest BCUT2D eigenvalue weighted by atomic mass is 35.5. The third kappa shape index (κ3) is 9.32. The number of aromatic nitrogens is 5. The van der Waals surface area contributed by atoms with Gasteiger partial charge in [0.1, 0.15) is 48.1 Å². The van der Waals surface area contributed by atoms with Crippen LogP contribution in [-0.2, 0) is 17.8 Å². The summed E-state index contributed by atoms with van der Waals surface area (Å²) >= 11 is 7.05. The first-order valence-electron chi connectivity index (χ1n) is 20.3. The lowest BCUT2D eigenvalue weighted by molar-refractivity contribution is -0.137. The molecule has 1 aliphatic rings. The summed E-state index contributed by atoms with van der Waals surface area (Å²) in [6.45, 7) is 7.28. The topological polar surface area (TPSA) is 139 Å². The summed E-state index contributed by atoms with van der Waals surface area (Å²) in [6, 6.07) is 27.0. The molecule has 1 fully saturated rings. The number of benzene rings is 4. The number of hydrogen-bond acceptors (Lipinski definition) is 11. The molecular weight excluding hydrogens is 811 g/mol. The van der Waals surface area contributed by atoms with Gasteiger partial charge in [0.05, 0.1) is 34.8 Å². The number of hydrogen-bond donors (Lipinski definition) is 2. The fourth-order valence-electron chi connectivity index (χ4n) is 7.53. The summed E-state index contributed by atoms with van der Waals surface area (Å²) < 4.78 is 34.0. The van der Waals surface area contributed by atoms with Gasteiger partial charge >= 0.3 is 5.97 Å². The number of carboxylic acid groups (broad SMARTS) is 1. The van der Waals surface area contributed by atoms with E-state index in [4.69, 9.17) is 35.8 Å². The molecule has 0 saturated carbocycles. The van der Waals surface area contributed by atoms with Crippen LogP contribution in [-0.4, -0.2) is 105 Å². The average Bonchev–Trinajstić information content (AvgIpc) is 3.68. The Bertz CT molecular complexity index is 2690. The lowest BCUT2D eigenvalue weighted by Crippen LogP contribution is -2.45. The number of rotatable bonds is 16. The zero-order valence-corrected chi connectivity index (χ0v) is 35.3. The maximum atomic E-state index is 14.2. The smallest absolute Gasteiger partial charge is 0.326 e. The predicted octanol–water partition coefficient (Wildman–Crippen LogP) is 7.94. The van der Waals surface area contributed by atoms with Crippen molar-refractivity contribution in [3.05, 3.63) is 137 Å². The number of ether oxygens (including phenoxy) is 3. The predicted molar refractivity (Wildman–Crippen MR) is 237 cm³/mol. The highest BCUT2D eigenvalue weighted by molar-refractivity contribution is 6.33. The van der Waals surface area contributed by atoms with E-state index >= 15 is 0 Å². The van der Waals surface area contributed by atoms with Crippen LogP contribution in [0.5, 0.6) is 17.2 Å². The minimum absolute atomic E-state index is 0.0609. The normalized spacial score (nSPS) is 13.8. The molecule has 3 aromatic heterocycles. The van der Waals surface area contributed by atoms with E-state index in [9.17, 15) is 14.3 Å². The first-order chi connectivity index (χ1) is 30.2. The van der Waals surface area contributed by atoms with Crippen molar-refractivity contribution >= 4 is 29.2 Å². The zero-order chi connectivity index (χ0) is 43.2. The van der Waals surface area contributed by atoms with Crippen LogP contribution in [0.1, 0.15) is 16.8 Å². The molecule has 4 heterocycles. The van der Waals surface area contributed by atoms with Crippen molar-refractivity contribution in [2.75, 3.05) is 58.8 Å². The highest BCUT2D eigenvalue weighted by Gasteiger charge is 2.26. The van der Waals surface area contributed by atoms with E-state index in [2.05, 4.69) is 32.1 Å². The number of fused-ring (bicyclic) bond motifs is 1. The van der Waals surface area contributed by atoms with E-state index in [0.717, 1.165) is 43.9 Å². The minimum Gasteiger partial charge on any atom is -0.496 e. The van der Waals surface area contributed by atoms with Crippen LogP contribution in [0.3, 0.4) is 0 Å². The van der Waals surface area contributed by atoms with E-state index in [0.29, 0.717) is 80.1 Å². The summed E-state index contributed by atoms with van der Waals surface area (Å²) in [7, 11) is 3.73. The molecule has 318 valence electrons. The number of carboxylic acids is 1. The van der Waals surface area contributed by atoms with Crippen molar-refractivity contribution in [3.63, 3.8) is 0 Å². The summed E-state index contributed by atoms with van der Waals surface area (Å²) in [5, 5.41) is 14.4. The van der Waals surface area contributed by atoms with Crippen LogP contribution in [0.2, 0.25) is 5.02 Å². The van der Waals surface area contributed by atoms with Crippen LogP contribution in [0.25, 0.3) is 39.7 Å². The molecular formula is C47H46ClFN8O5. The molecule has 15 heteroatoms. The molecule has 4 aromatic carbocycles. The van der Waals surface area contributed by atoms with E-state index in [1.807, 2.05) is 61.5 Å². The maximum absolute atomic E-state index is 14.2. The highest BCUT2D eigenvalue weighted by Crippen LogP contribution is 2.41. The first-order valence-corrected chi connectivity index (χ1v) is 20.7. The molecule has 0 amide bonds. The Hall–Kier alpha value is -6.61.